The van der Waals surface area contributed by atoms with Gasteiger partial charge in [-0.15, -0.1) is 0 Å². The minimum Gasteiger partial charge on any atom is -0.456 e. The molecule has 0 saturated carbocycles. The third kappa shape index (κ3) is 2.99. The molecule has 1 aliphatic heterocycles. The number of aryl methyl sites for hydroxylation is 1. The first-order valence-electron chi connectivity index (χ1n) is 8.61. The molecule has 3 aromatic rings. The van der Waals surface area contributed by atoms with Crippen LogP contribution in [0.4, 0.5) is 0 Å². The molecule has 0 radical (unpaired) electrons. The van der Waals surface area contributed by atoms with Crippen molar-refractivity contribution in [3.63, 3.8) is 0 Å². The predicted molar refractivity (Wildman–Crippen MR) is 96.0 cm³/mol. The Morgan fingerprint density at radius 3 is 2.57 bits per heavy atom. The molecule has 2 aromatic carbocycles. The number of rotatable bonds is 4. The van der Waals surface area contributed by atoms with Crippen molar-refractivity contribution in [3.05, 3.63) is 48.0 Å². The van der Waals surface area contributed by atoms with Gasteiger partial charge in [-0.1, -0.05) is 36.4 Å². The third-order valence-corrected chi connectivity index (χ3v) is 5.00. The summed E-state index contributed by atoms with van der Waals surface area (Å²) in [5.41, 5.74) is 3.41. The summed E-state index contributed by atoms with van der Waals surface area (Å²) in [5.74, 6) is 0. The van der Waals surface area contributed by atoms with Crippen LogP contribution in [0.15, 0.2) is 46.9 Å². The molecular formula is C20H24N2O. The highest BCUT2D eigenvalue weighted by Gasteiger charge is 2.14. The van der Waals surface area contributed by atoms with E-state index in [4.69, 9.17) is 4.42 Å². The number of hydrogen-bond acceptors (Lipinski definition) is 3. The molecule has 4 rings (SSSR count). The van der Waals surface area contributed by atoms with Crippen LogP contribution in [-0.2, 0) is 6.42 Å². The van der Waals surface area contributed by atoms with Crippen molar-refractivity contribution in [2.45, 2.75) is 12.8 Å². The lowest BCUT2D eigenvalue weighted by Gasteiger charge is -2.32. The van der Waals surface area contributed by atoms with Crippen molar-refractivity contribution in [2.24, 2.45) is 0 Å². The summed E-state index contributed by atoms with van der Waals surface area (Å²) in [5, 5.41) is 2.47. The normalized spacial score (nSPS) is 17.3. The van der Waals surface area contributed by atoms with Crippen molar-refractivity contribution in [3.8, 4) is 0 Å². The molecule has 0 aliphatic carbocycles. The van der Waals surface area contributed by atoms with Gasteiger partial charge in [0.1, 0.15) is 11.2 Å². The first kappa shape index (κ1) is 14.7. The average molecular weight is 308 g/mol. The molecule has 3 heteroatoms. The molecule has 0 atom stereocenters. The van der Waals surface area contributed by atoms with Crippen LogP contribution in [0.2, 0.25) is 0 Å². The average Bonchev–Trinajstić information content (AvgIpc) is 2.96. The monoisotopic (exact) mass is 308 g/mol. The third-order valence-electron chi connectivity index (χ3n) is 5.00. The van der Waals surface area contributed by atoms with E-state index in [0.717, 1.165) is 17.6 Å². The van der Waals surface area contributed by atoms with E-state index in [-0.39, 0.29) is 0 Å². The zero-order valence-corrected chi connectivity index (χ0v) is 13.8. The Hall–Kier alpha value is -1.84. The van der Waals surface area contributed by atoms with E-state index < -0.39 is 0 Å². The fourth-order valence-corrected chi connectivity index (χ4v) is 3.57. The lowest BCUT2D eigenvalue weighted by molar-refractivity contribution is 0.153. The smallest absolute Gasteiger partial charge is 0.138 e. The Labute approximate surface area is 137 Å². The van der Waals surface area contributed by atoms with E-state index >= 15 is 0 Å². The second kappa shape index (κ2) is 6.34. The molecule has 0 unspecified atom stereocenters. The van der Waals surface area contributed by atoms with Crippen LogP contribution in [0.5, 0.6) is 0 Å². The number of likely N-dealkylation sites (N-methyl/N-ethyl adjacent to an activating group) is 1. The molecule has 3 nitrogen and oxygen atoms in total. The summed E-state index contributed by atoms with van der Waals surface area (Å²) in [7, 11) is 2.21. The molecule has 1 fully saturated rings. The molecule has 0 N–H and O–H groups in total. The molecule has 2 heterocycles. The number of para-hydroxylation sites is 2. The van der Waals surface area contributed by atoms with Gasteiger partial charge in [0, 0.05) is 37.0 Å². The molecule has 23 heavy (non-hydrogen) atoms. The van der Waals surface area contributed by atoms with E-state index in [9.17, 15) is 0 Å². The Balaban J connectivity index is 1.48. The van der Waals surface area contributed by atoms with E-state index in [1.165, 1.54) is 55.5 Å². The lowest BCUT2D eigenvalue weighted by atomic mass is 10.1. The van der Waals surface area contributed by atoms with Gasteiger partial charge >= 0.3 is 0 Å². The lowest BCUT2D eigenvalue weighted by Crippen LogP contribution is -2.44. The summed E-state index contributed by atoms with van der Waals surface area (Å²) in [6.07, 6.45) is 2.28. The van der Waals surface area contributed by atoms with Gasteiger partial charge in [-0.25, -0.2) is 0 Å². The van der Waals surface area contributed by atoms with E-state index in [0.29, 0.717) is 0 Å². The van der Waals surface area contributed by atoms with Crippen LogP contribution in [0, 0.1) is 0 Å². The first-order chi connectivity index (χ1) is 11.3. The largest absolute Gasteiger partial charge is 0.456 e. The molecule has 1 aliphatic rings. The van der Waals surface area contributed by atoms with Crippen molar-refractivity contribution in [2.75, 3.05) is 39.8 Å². The molecule has 120 valence electrons. The number of furan rings is 1. The van der Waals surface area contributed by atoms with Crippen LogP contribution < -0.4 is 0 Å². The zero-order chi connectivity index (χ0) is 15.6. The summed E-state index contributed by atoms with van der Waals surface area (Å²) in [4.78, 5) is 4.99. The highest BCUT2D eigenvalue weighted by atomic mass is 16.3. The maximum atomic E-state index is 6.12. The van der Waals surface area contributed by atoms with Crippen LogP contribution in [0.1, 0.15) is 12.0 Å². The Kier molecular flexibility index (Phi) is 4.06. The van der Waals surface area contributed by atoms with Gasteiger partial charge in [0.15, 0.2) is 0 Å². The van der Waals surface area contributed by atoms with E-state index in [1.807, 2.05) is 6.07 Å². The van der Waals surface area contributed by atoms with Gasteiger partial charge < -0.3 is 14.2 Å². The second-order valence-corrected chi connectivity index (χ2v) is 6.64. The topological polar surface area (TPSA) is 19.6 Å². The summed E-state index contributed by atoms with van der Waals surface area (Å²) >= 11 is 0. The number of hydrogen-bond donors (Lipinski definition) is 0. The highest BCUT2D eigenvalue weighted by Crippen LogP contribution is 2.31. The second-order valence-electron chi connectivity index (χ2n) is 6.64. The van der Waals surface area contributed by atoms with Gasteiger partial charge in [-0.2, -0.15) is 0 Å². The standard InChI is InChI=1S/C20H24N2O/c1-21-12-14-22(15-13-21)11-5-7-16-6-4-9-18-17-8-2-3-10-19(17)23-20(16)18/h2-4,6,8-10H,5,7,11-15H2,1H3. The summed E-state index contributed by atoms with van der Waals surface area (Å²) in [6.45, 7) is 5.97. The van der Waals surface area contributed by atoms with Crippen LogP contribution in [0.25, 0.3) is 21.9 Å². The fourth-order valence-electron chi connectivity index (χ4n) is 3.57. The molecule has 1 aromatic heterocycles. The summed E-state index contributed by atoms with van der Waals surface area (Å²) in [6, 6.07) is 14.9. The number of benzene rings is 2. The number of nitrogens with zero attached hydrogens (tertiary/aromatic N) is 2. The van der Waals surface area contributed by atoms with Gasteiger partial charge in [0.25, 0.3) is 0 Å². The van der Waals surface area contributed by atoms with Crippen molar-refractivity contribution in [1.82, 2.24) is 9.80 Å². The van der Waals surface area contributed by atoms with E-state index in [1.54, 1.807) is 0 Å². The SMILES string of the molecule is CN1CCN(CCCc2cccc3c2oc2ccccc23)CC1. The van der Waals surface area contributed by atoms with Gasteiger partial charge in [0.05, 0.1) is 0 Å². The minimum absolute atomic E-state index is 0.994. The maximum Gasteiger partial charge on any atom is 0.138 e. The van der Waals surface area contributed by atoms with Gasteiger partial charge in [-0.3, -0.25) is 0 Å². The van der Waals surface area contributed by atoms with Gasteiger partial charge in [-0.05, 0) is 38.1 Å². The molecular weight excluding hydrogens is 284 g/mol. The quantitative estimate of drug-likeness (QED) is 0.731. The zero-order valence-electron chi connectivity index (χ0n) is 13.8. The predicted octanol–water partition coefficient (Wildman–Crippen LogP) is 3.77. The van der Waals surface area contributed by atoms with Crippen LogP contribution in [-0.4, -0.2) is 49.6 Å². The number of fused-ring (bicyclic) bond motifs is 3. The Morgan fingerprint density at radius 2 is 1.70 bits per heavy atom. The minimum atomic E-state index is 0.994. The van der Waals surface area contributed by atoms with Crippen LogP contribution >= 0.6 is 0 Å². The van der Waals surface area contributed by atoms with Crippen molar-refractivity contribution < 1.29 is 4.42 Å². The molecule has 1 saturated heterocycles. The van der Waals surface area contributed by atoms with Crippen molar-refractivity contribution in [1.29, 1.82) is 0 Å². The Morgan fingerprint density at radius 1 is 0.913 bits per heavy atom. The molecule has 0 amide bonds. The van der Waals surface area contributed by atoms with Gasteiger partial charge in [0.2, 0.25) is 0 Å². The van der Waals surface area contributed by atoms with E-state index in [2.05, 4.69) is 53.2 Å². The fraction of sp³-hybridized carbons (Fsp3) is 0.400. The highest BCUT2D eigenvalue weighted by molar-refractivity contribution is 6.05. The number of piperazine rings is 1. The maximum absolute atomic E-state index is 6.12. The molecule has 0 spiro atoms. The molecule has 0 bridgehead atoms. The Bertz CT molecular complexity index is 800. The summed E-state index contributed by atoms with van der Waals surface area (Å²) < 4.78 is 6.12. The van der Waals surface area contributed by atoms with Crippen molar-refractivity contribution >= 4 is 21.9 Å². The van der Waals surface area contributed by atoms with Crippen LogP contribution in [0.3, 0.4) is 0 Å². The first-order valence-corrected chi connectivity index (χ1v) is 8.61.